The minimum Gasteiger partial charge on any atom is -0.359 e. The second-order valence-electron chi connectivity index (χ2n) is 4.05. The molecule has 2 aromatic rings. The summed E-state index contributed by atoms with van der Waals surface area (Å²) in [5, 5.41) is 6.24. The molecule has 0 radical (unpaired) electrons. The lowest BCUT2D eigenvalue weighted by molar-refractivity contribution is 0.665. The first-order valence-electron chi connectivity index (χ1n) is 6.06. The van der Waals surface area contributed by atoms with Crippen molar-refractivity contribution in [1.82, 2.24) is 20.2 Å². The Hall–Kier alpha value is -2.04. The number of aliphatic imine (C=N–C) groups is 1. The Balaban J connectivity index is 2.10. The number of nitrogens with zero attached hydrogens (tertiary/aromatic N) is 3. The Bertz CT molecular complexity index is 556. The van der Waals surface area contributed by atoms with E-state index >= 15 is 0 Å². The van der Waals surface area contributed by atoms with Gasteiger partial charge in [0.1, 0.15) is 5.82 Å². The summed E-state index contributed by atoms with van der Waals surface area (Å²) in [7, 11) is 3.61. The highest BCUT2D eigenvalue weighted by molar-refractivity contribution is 5.79. The van der Waals surface area contributed by atoms with Crippen molar-refractivity contribution in [2.24, 2.45) is 4.99 Å². The van der Waals surface area contributed by atoms with Gasteiger partial charge in [-0.05, 0) is 19.1 Å². The molecule has 2 N–H and O–H groups in total. The fraction of sp³-hybridized carbons (Fsp3) is 0.385. The van der Waals surface area contributed by atoms with Crippen molar-refractivity contribution in [3.05, 3.63) is 30.1 Å². The number of nitrogens with one attached hydrogen (secondary N) is 2. The lowest BCUT2D eigenvalue weighted by atomic mass is 10.3. The number of benzene rings is 1. The van der Waals surface area contributed by atoms with Gasteiger partial charge < -0.3 is 15.2 Å². The number of para-hydroxylation sites is 2. The van der Waals surface area contributed by atoms with Crippen molar-refractivity contribution < 1.29 is 0 Å². The van der Waals surface area contributed by atoms with Crippen LogP contribution in [0.2, 0.25) is 0 Å². The standard InChI is InChI=1S/C13H19N5/c1-10-17-11-6-4-5-7-12(11)18(10)9-8-16-13(14-2)15-3/h4-7H,8-9H2,1-3H3,(H2,14,15,16). The van der Waals surface area contributed by atoms with Crippen LogP contribution in [0.15, 0.2) is 29.3 Å². The highest BCUT2D eigenvalue weighted by atomic mass is 15.2. The van der Waals surface area contributed by atoms with Gasteiger partial charge >= 0.3 is 0 Å². The first kappa shape index (κ1) is 12.4. The van der Waals surface area contributed by atoms with Crippen LogP contribution in [0.1, 0.15) is 5.82 Å². The Labute approximate surface area is 107 Å². The van der Waals surface area contributed by atoms with Gasteiger partial charge in [-0.1, -0.05) is 12.1 Å². The first-order chi connectivity index (χ1) is 8.76. The van der Waals surface area contributed by atoms with Gasteiger partial charge in [0.2, 0.25) is 0 Å². The molecular formula is C13H19N5. The summed E-state index contributed by atoms with van der Waals surface area (Å²) in [6, 6.07) is 8.20. The molecule has 2 rings (SSSR count). The van der Waals surface area contributed by atoms with Crippen molar-refractivity contribution in [1.29, 1.82) is 0 Å². The fourth-order valence-corrected chi connectivity index (χ4v) is 2.04. The molecule has 96 valence electrons. The molecule has 0 fully saturated rings. The molecule has 1 heterocycles. The number of imidazole rings is 1. The predicted molar refractivity (Wildman–Crippen MR) is 74.9 cm³/mol. The molecule has 0 bridgehead atoms. The maximum atomic E-state index is 4.54. The number of aryl methyl sites for hydroxylation is 1. The monoisotopic (exact) mass is 245 g/mol. The summed E-state index contributed by atoms with van der Waals surface area (Å²) >= 11 is 0. The zero-order chi connectivity index (χ0) is 13.0. The zero-order valence-electron chi connectivity index (χ0n) is 11.1. The Morgan fingerprint density at radius 2 is 2.17 bits per heavy atom. The molecule has 0 amide bonds. The number of hydrogen-bond acceptors (Lipinski definition) is 2. The average molecular weight is 245 g/mol. The molecule has 0 saturated carbocycles. The molecule has 0 aliphatic rings. The molecule has 1 aromatic heterocycles. The van der Waals surface area contributed by atoms with Gasteiger partial charge in [0, 0.05) is 27.2 Å². The lowest BCUT2D eigenvalue weighted by Gasteiger charge is -2.10. The SMILES string of the molecule is CN=C(NC)NCCn1c(C)nc2ccccc21. The minimum atomic E-state index is 0.803. The van der Waals surface area contributed by atoms with Crippen LogP contribution in [0.4, 0.5) is 0 Å². The van der Waals surface area contributed by atoms with Crippen LogP contribution in [0.5, 0.6) is 0 Å². The van der Waals surface area contributed by atoms with E-state index in [1.54, 1.807) is 7.05 Å². The molecule has 5 nitrogen and oxygen atoms in total. The van der Waals surface area contributed by atoms with Gasteiger partial charge in [0.05, 0.1) is 11.0 Å². The number of hydrogen-bond donors (Lipinski definition) is 2. The summed E-state index contributed by atoms with van der Waals surface area (Å²) in [5.41, 5.74) is 2.23. The van der Waals surface area contributed by atoms with E-state index in [1.165, 1.54) is 5.52 Å². The Kier molecular flexibility index (Phi) is 3.82. The second-order valence-corrected chi connectivity index (χ2v) is 4.05. The summed E-state index contributed by atoms with van der Waals surface area (Å²) < 4.78 is 2.21. The third-order valence-electron chi connectivity index (χ3n) is 2.93. The van der Waals surface area contributed by atoms with Crippen molar-refractivity contribution in [3.8, 4) is 0 Å². The normalized spacial score (nSPS) is 11.8. The fourth-order valence-electron chi connectivity index (χ4n) is 2.04. The molecule has 1 aromatic carbocycles. The van der Waals surface area contributed by atoms with Crippen molar-refractivity contribution in [2.45, 2.75) is 13.5 Å². The van der Waals surface area contributed by atoms with Crippen LogP contribution in [0.3, 0.4) is 0 Å². The van der Waals surface area contributed by atoms with E-state index in [1.807, 2.05) is 32.2 Å². The van der Waals surface area contributed by atoms with E-state index in [2.05, 4.69) is 31.2 Å². The smallest absolute Gasteiger partial charge is 0.190 e. The number of fused-ring (bicyclic) bond motifs is 1. The predicted octanol–water partition coefficient (Wildman–Crippen LogP) is 1.14. The van der Waals surface area contributed by atoms with Gasteiger partial charge in [-0.3, -0.25) is 4.99 Å². The molecule has 0 saturated heterocycles. The van der Waals surface area contributed by atoms with Crippen LogP contribution >= 0.6 is 0 Å². The van der Waals surface area contributed by atoms with E-state index in [4.69, 9.17) is 0 Å². The molecule has 5 heteroatoms. The van der Waals surface area contributed by atoms with E-state index < -0.39 is 0 Å². The topological polar surface area (TPSA) is 54.2 Å². The summed E-state index contributed by atoms with van der Waals surface area (Å²) in [4.78, 5) is 8.62. The number of aromatic nitrogens is 2. The summed E-state index contributed by atoms with van der Waals surface area (Å²) in [6.45, 7) is 3.72. The van der Waals surface area contributed by atoms with Gasteiger partial charge in [0.15, 0.2) is 5.96 Å². The number of rotatable bonds is 3. The minimum absolute atomic E-state index is 0.803. The molecular weight excluding hydrogens is 226 g/mol. The molecule has 0 aliphatic carbocycles. The van der Waals surface area contributed by atoms with Crippen LogP contribution in [0.25, 0.3) is 11.0 Å². The molecule has 0 atom stereocenters. The van der Waals surface area contributed by atoms with E-state index in [0.29, 0.717) is 0 Å². The lowest BCUT2D eigenvalue weighted by Crippen LogP contribution is -2.36. The van der Waals surface area contributed by atoms with Crippen molar-refractivity contribution >= 4 is 17.0 Å². The maximum Gasteiger partial charge on any atom is 0.190 e. The maximum absolute atomic E-state index is 4.54. The highest BCUT2D eigenvalue weighted by Gasteiger charge is 2.05. The summed E-state index contributed by atoms with van der Waals surface area (Å²) in [6.07, 6.45) is 0. The van der Waals surface area contributed by atoms with Gasteiger partial charge in [-0.25, -0.2) is 4.98 Å². The third kappa shape index (κ3) is 2.45. The molecule has 0 spiro atoms. The largest absolute Gasteiger partial charge is 0.359 e. The van der Waals surface area contributed by atoms with E-state index in [0.717, 1.165) is 30.4 Å². The molecule has 0 unspecified atom stereocenters. The van der Waals surface area contributed by atoms with Gasteiger partial charge in [-0.15, -0.1) is 0 Å². The van der Waals surface area contributed by atoms with Gasteiger partial charge in [-0.2, -0.15) is 0 Å². The van der Waals surface area contributed by atoms with E-state index in [-0.39, 0.29) is 0 Å². The van der Waals surface area contributed by atoms with E-state index in [9.17, 15) is 0 Å². The quantitative estimate of drug-likeness (QED) is 0.630. The molecule has 18 heavy (non-hydrogen) atoms. The van der Waals surface area contributed by atoms with Crippen molar-refractivity contribution in [2.75, 3.05) is 20.6 Å². The van der Waals surface area contributed by atoms with Gasteiger partial charge in [0.25, 0.3) is 0 Å². The highest BCUT2D eigenvalue weighted by Crippen LogP contribution is 2.14. The number of guanidine groups is 1. The van der Waals surface area contributed by atoms with Crippen LogP contribution in [0, 0.1) is 6.92 Å². The first-order valence-corrected chi connectivity index (χ1v) is 6.06. The van der Waals surface area contributed by atoms with Crippen LogP contribution in [-0.4, -0.2) is 36.2 Å². The Morgan fingerprint density at radius 1 is 1.39 bits per heavy atom. The summed E-state index contributed by atoms with van der Waals surface area (Å²) in [5.74, 6) is 1.84. The Morgan fingerprint density at radius 3 is 2.89 bits per heavy atom. The van der Waals surface area contributed by atoms with Crippen molar-refractivity contribution in [3.63, 3.8) is 0 Å². The van der Waals surface area contributed by atoms with Crippen LogP contribution < -0.4 is 10.6 Å². The third-order valence-corrected chi connectivity index (χ3v) is 2.93. The second kappa shape index (κ2) is 5.53. The van der Waals surface area contributed by atoms with Crippen LogP contribution in [-0.2, 0) is 6.54 Å². The average Bonchev–Trinajstić information content (AvgIpc) is 2.71. The molecule has 0 aliphatic heterocycles. The zero-order valence-corrected chi connectivity index (χ0v) is 11.1.